The summed E-state index contributed by atoms with van der Waals surface area (Å²) in [6.45, 7) is 0.0525. The largest absolute Gasteiger partial charge is 0.396 e. The predicted octanol–water partition coefficient (Wildman–Crippen LogP) is -1.58. The number of aliphatic hydroxyl groups excluding tert-OH is 1. The van der Waals surface area contributed by atoms with Crippen LogP contribution in [0, 0.1) is 5.92 Å². The van der Waals surface area contributed by atoms with E-state index >= 15 is 0 Å². The van der Waals surface area contributed by atoms with Crippen molar-refractivity contribution in [1.82, 2.24) is 9.44 Å². The van der Waals surface area contributed by atoms with E-state index in [9.17, 15) is 8.42 Å². The lowest BCUT2D eigenvalue weighted by molar-refractivity contribution is 0.273. The van der Waals surface area contributed by atoms with Gasteiger partial charge in [0.1, 0.15) is 0 Å². The average Bonchev–Trinajstić information content (AvgIpc) is 2.67. The summed E-state index contributed by atoms with van der Waals surface area (Å²) in [4.78, 5) is 0. The van der Waals surface area contributed by atoms with Crippen LogP contribution >= 0.6 is 0 Å². The van der Waals surface area contributed by atoms with E-state index in [1.165, 1.54) is 7.05 Å². The number of nitrogens with one attached hydrogen (secondary N) is 2. The topological polar surface area (TPSA) is 78.4 Å². The maximum atomic E-state index is 10.8. The molecule has 1 fully saturated rings. The van der Waals surface area contributed by atoms with Crippen LogP contribution in [-0.4, -0.2) is 33.2 Å². The van der Waals surface area contributed by atoms with E-state index in [2.05, 4.69) is 9.44 Å². The van der Waals surface area contributed by atoms with Crippen LogP contribution < -0.4 is 9.44 Å². The van der Waals surface area contributed by atoms with Gasteiger partial charge in [-0.1, -0.05) is 0 Å². The van der Waals surface area contributed by atoms with Gasteiger partial charge >= 0.3 is 0 Å². The predicted molar refractivity (Wildman–Crippen MR) is 40.1 cm³/mol. The summed E-state index contributed by atoms with van der Waals surface area (Å²) < 4.78 is 26.1. The van der Waals surface area contributed by atoms with E-state index < -0.39 is 10.2 Å². The van der Waals surface area contributed by atoms with E-state index in [0.29, 0.717) is 0 Å². The number of aliphatic hydroxyl groups is 1. The lowest BCUT2D eigenvalue weighted by Crippen LogP contribution is -2.36. The van der Waals surface area contributed by atoms with Crippen molar-refractivity contribution in [3.63, 3.8) is 0 Å². The van der Waals surface area contributed by atoms with Gasteiger partial charge < -0.3 is 5.11 Å². The summed E-state index contributed by atoms with van der Waals surface area (Å²) in [6.07, 6.45) is 0.734. The molecule has 1 rings (SSSR count). The van der Waals surface area contributed by atoms with Crippen molar-refractivity contribution in [2.75, 3.05) is 13.7 Å². The standard InChI is InChI=1S/C5H12N2O3S/c1-6-11(9,10)7-5-2-4(5)3-8/h4-8H,2-3H2,1H3. The van der Waals surface area contributed by atoms with Crippen LogP contribution in [0.3, 0.4) is 0 Å². The first kappa shape index (κ1) is 8.92. The fraction of sp³-hybridized carbons (Fsp3) is 1.00. The zero-order chi connectivity index (χ0) is 8.48. The Morgan fingerprint density at radius 1 is 1.64 bits per heavy atom. The van der Waals surface area contributed by atoms with E-state index in [0.717, 1.165) is 6.42 Å². The van der Waals surface area contributed by atoms with Crippen molar-refractivity contribution in [3.8, 4) is 0 Å². The molecule has 0 aromatic carbocycles. The molecule has 0 saturated heterocycles. The number of rotatable bonds is 4. The van der Waals surface area contributed by atoms with Gasteiger partial charge in [-0.3, -0.25) is 0 Å². The minimum atomic E-state index is -3.31. The quantitative estimate of drug-likeness (QED) is 0.488. The van der Waals surface area contributed by atoms with Crippen LogP contribution in [-0.2, 0) is 10.2 Å². The smallest absolute Gasteiger partial charge is 0.276 e. The van der Waals surface area contributed by atoms with Crippen molar-refractivity contribution >= 4 is 10.2 Å². The molecular formula is C5H12N2O3S. The molecule has 6 heteroatoms. The summed E-state index contributed by atoms with van der Waals surface area (Å²) in [5.41, 5.74) is 0. The third-order valence-corrected chi connectivity index (χ3v) is 2.88. The molecule has 1 aliphatic carbocycles. The second-order valence-corrected chi connectivity index (χ2v) is 4.26. The molecule has 3 N–H and O–H groups in total. The molecule has 66 valence electrons. The second-order valence-electron chi connectivity index (χ2n) is 2.61. The minimum absolute atomic E-state index is 0.0525. The lowest BCUT2D eigenvalue weighted by atomic mass is 10.4. The molecule has 0 spiro atoms. The molecule has 0 aliphatic heterocycles. The van der Waals surface area contributed by atoms with Crippen LogP contribution in [0.25, 0.3) is 0 Å². The third kappa shape index (κ3) is 2.41. The maximum Gasteiger partial charge on any atom is 0.276 e. The molecule has 0 heterocycles. The van der Waals surface area contributed by atoms with Crippen molar-refractivity contribution < 1.29 is 13.5 Å². The van der Waals surface area contributed by atoms with Gasteiger partial charge in [-0.25, -0.2) is 4.72 Å². The fourth-order valence-electron chi connectivity index (χ4n) is 0.852. The van der Waals surface area contributed by atoms with Crippen molar-refractivity contribution in [2.45, 2.75) is 12.5 Å². The van der Waals surface area contributed by atoms with E-state index in [4.69, 9.17) is 5.11 Å². The Labute approximate surface area is 66.0 Å². The van der Waals surface area contributed by atoms with Gasteiger partial charge in [0.2, 0.25) is 0 Å². The highest BCUT2D eigenvalue weighted by Crippen LogP contribution is 2.29. The normalized spacial score (nSPS) is 30.4. The molecule has 11 heavy (non-hydrogen) atoms. The Morgan fingerprint density at radius 3 is 2.64 bits per heavy atom. The molecule has 0 aromatic rings. The monoisotopic (exact) mass is 180 g/mol. The van der Waals surface area contributed by atoms with Gasteiger partial charge in [-0.05, 0) is 12.3 Å². The van der Waals surface area contributed by atoms with Crippen LogP contribution in [0.5, 0.6) is 0 Å². The summed E-state index contributed by atoms with van der Waals surface area (Å²) in [5, 5.41) is 8.59. The third-order valence-electron chi connectivity index (χ3n) is 1.73. The summed E-state index contributed by atoms with van der Waals surface area (Å²) in [7, 11) is -1.96. The molecule has 5 nitrogen and oxygen atoms in total. The van der Waals surface area contributed by atoms with Crippen LogP contribution in [0.4, 0.5) is 0 Å². The Balaban J connectivity index is 2.34. The van der Waals surface area contributed by atoms with E-state index in [1.54, 1.807) is 0 Å². The zero-order valence-electron chi connectivity index (χ0n) is 6.24. The molecule has 2 unspecified atom stereocenters. The summed E-state index contributed by atoms with van der Waals surface area (Å²) in [5.74, 6) is 0.109. The number of hydrogen-bond donors (Lipinski definition) is 3. The Morgan fingerprint density at radius 2 is 2.27 bits per heavy atom. The van der Waals surface area contributed by atoms with Crippen molar-refractivity contribution in [2.24, 2.45) is 5.92 Å². The SMILES string of the molecule is CNS(=O)(=O)NC1CC1CO. The van der Waals surface area contributed by atoms with Gasteiger partial charge in [0.05, 0.1) is 0 Å². The molecular weight excluding hydrogens is 168 g/mol. The van der Waals surface area contributed by atoms with E-state index in [1.807, 2.05) is 0 Å². The molecule has 2 atom stereocenters. The fourth-order valence-corrected chi connectivity index (χ4v) is 1.66. The highest BCUT2D eigenvalue weighted by atomic mass is 32.2. The van der Waals surface area contributed by atoms with Gasteiger partial charge in [-0.15, -0.1) is 0 Å². The first-order chi connectivity index (χ1) is 5.09. The maximum absolute atomic E-state index is 10.8. The molecule has 0 amide bonds. The number of hydrogen-bond acceptors (Lipinski definition) is 3. The zero-order valence-corrected chi connectivity index (χ0v) is 7.06. The molecule has 0 aromatic heterocycles. The van der Waals surface area contributed by atoms with E-state index in [-0.39, 0.29) is 18.6 Å². The van der Waals surface area contributed by atoms with Gasteiger partial charge in [0, 0.05) is 19.7 Å². The highest BCUT2D eigenvalue weighted by molar-refractivity contribution is 7.87. The molecule has 0 bridgehead atoms. The van der Waals surface area contributed by atoms with Gasteiger partial charge in [-0.2, -0.15) is 13.1 Å². The van der Waals surface area contributed by atoms with Gasteiger partial charge in [0.25, 0.3) is 10.2 Å². The Bertz CT molecular complexity index is 226. The molecule has 1 saturated carbocycles. The Kier molecular flexibility index (Phi) is 2.48. The molecule has 0 radical (unpaired) electrons. The first-order valence-electron chi connectivity index (χ1n) is 3.40. The van der Waals surface area contributed by atoms with Gasteiger partial charge in [0.15, 0.2) is 0 Å². The van der Waals surface area contributed by atoms with Crippen LogP contribution in [0.15, 0.2) is 0 Å². The van der Waals surface area contributed by atoms with Crippen molar-refractivity contribution in [3.05, 3.63) is 0 Å². The highest BCUT2D eigenvalue weighted by Gasteiger charge is 2.38. The first-order valence-corrected chi connectivity index (χ1v) is 4.89. The Hall–Kier alpha value is -0.170. The lowest BCUT2D eigenvalue weighted by Gasteiger charge is -2.02. The minimum Gasteiger partial charge on any atom is -0.396 e. The van der Waals surface area contributed by atoms with Crippen LogP contribution in [0.1, 0.15) is 6.42 Å². The molecule has 1 aliphatic rings. The summed E-state index contributed by atoms with van der Waals surface area (Å²) in [6, 6.07) is -0.0718. The van der Waals surface area contributed by atoms with Crippen LogP contribution in [0.2, 0.25) is 0 Å². The average molecular weight is 180 g/mol. The second kappa shape index (κ2) is 3.06. The summed E-state index contributed by atoms with van der Waals surface area (Å²) >= 11 is 0. The van der Waals surface area contributed by atoms with Crippen molar-refractivity contribution in [1.29, 1.82) is 0 Å².